The molecule has 2 rings (SSSR count). The van der Waals surface area contributed by atoms with Gasteiger partial charge in [-0.2, -0.15) is 4.99 Å². The van der Waals surface area contributed by atoms with Crippen molar-refractivity contribution in [3.05, 3.63) is 52.9 Å². The maximum atomic E-state index is 5.29. The van der Waals surface area contributed by atoms with Crippen LogP contribution in [0.1, 0.15) is 5.76 Å². The molecule has 2 aromatic rings. The summed E-state index contributed by atoms with van der Waals surface area (Å²) in [5, 5.41) is 0.428. The van der Waals surface area contributed by atoms with Crippen molar-refractivity contribution in [3.63, 3.8) is 0 Å². The Balaban J connectivity index is 1.83. The molecule has 0 amide bonds. The molecule has 0 aliphatic rings. The molecule has 4 nitrogen and oxygen atoms in total. The predicted octanol–water partition coefficient (Wildman–Crippen LogP) is 4.01. The molecule has 0 bridgehead atoms. The largest absolute Gasteiger partial charge is 0.475 e. The summed E-state index contributed by atoms with van der Waals surface area (Å²) in [6.45, 7) is 0.312. The summed E-state index contributed by atoms with van der Waals surface area (Å²) in [7, 11) is 1.86. The number of para-hydroxylation sites is 1. The fourth-order valence-corrected chi connectivity index (χ4v) is 1.97. The number of thiocarbonyl (C=S) groups is 1. The van der Waals surface area contributed by atoms with E-state index in [4.69, 9.17) is 21.4 Å². The lowest BCUT2D eigenvalue weighted by Crippen LogP contribution is -2.22. The van der Waals surface area contributed by atoms with Crippen LogP contribution in [0.2, 0.25) is 0 Å². The highest BCUT2D eigenvalue weighted by Crippen LogP contribution is 2.14. The number of halogens is 1. The molecular weight excluding hydrogens is 340 g/mol. The molecular formula is C14H13BrN2O2S. The second-order valence-electron chi connectivity index (χ2n) is 3.93. The van der Waals surface area contributed by atoms with Crippen molar-refractivity contribution in [2.24, 2.45) is 4.99 Å². The van der Waals surface area contributed by atoms with Crippen LogP contribution in [0.25, 0.3) is 0 Å². The van der Waals surface area contributed by atoms with Gasteiger partial charge in [0, 0.05) is 12.7 Å². The first-order valence-electron chi connectivity index (χ1n) is 5.88. The van der Waals surface area contributed by atoms with Crippen LogP contribution in [-0.4, -0.2) is 18.6 Å². The molecule has 0 unspecified atom stereocenters. The van der Waals surface area contributed by atoms with E-state index in [0.29, 0.717) is 22.1 Å². The summed E-state index contributed by atoms with van der Waals surface area (Å²) in [6, 6.07) is 13.4. The quantitative estimate of drug-likeness (QED) is 0.473. The molecule has 0 spiro atoms. The zero-order chi connectivity index (χ0) is 14.4. The first-order valence-corrected chi connectivity index (χ1v) is 7.08. The second kappa shape index (κ2) is 7.21. The van der Waals surface area contributed by atoms with Crippen LogP contribution in [-0.2, 0) is 11.3 Å². The number of benzene rings is 1. The van der Waals surface area contributed by atoms with E-state index >= 15 is 0 Å². The number of anilines is 1. The number of rotatable bonds is 4. The lowest BCUT2D eigenvalue weighted by molar-refractivity contribution is 0.268. The Morgan fingerprint density at radius 2 is 2.10 bits per heavy atom. The lowest BCUT2D eigenvalue weighted by Gasteiger charge is -2.16. The van der Waals surface area contributed by atoms with Gasteiger partial charge >= 0.3 is 0 Å². The van der Waals surface area contributed by atoms with Crippen LogP contribution >= 0.6 is 28.1 Å². The van der Waals surface area contributed by atoms with E-state index in [1.165, 1.54) is 6.40 Å². The zero-order valence-electron chi connectivity index (χ0n) is 10.8. The van der Waals surface area contributed by atoms with Gasteiger partial charge in [-0.25, -0.2) is 0 Å². The first kappa shape index (κ1) is 14.7. The van der Waals surface area contributed by atoms with Crippen molar-refractivity contribution in [1.82, 2.24) is 0 Å². The highest BCUT2D eigenvalue weighted by atomic mass is 79.9. The van der Waals surface area contributed by atoms with Gasteiger partial charge in [0.15, 0.2) is 11.1 Å². The van der Waals surface area contributed by atoms with E-state index in [-0.39, 0.29) is 0 Å². The van der Waals surface area contributed by atoms with Crippen LogP contribution in [0, 0.1) is 0 Å². The van der Waals surface area contributed by atoms with Gasteiger partial charge in [0.2, 0.25) is 5.11 Å². The van der Waals surface area contributed by atoms with Crippen LogP contribution < -0.4 is 4.90 Å². The molecule has 0 aliphatic heterocycles. The highest BCUT2D eigenvalue weighted by Gasteiger charge is 2.04. The predicted molar refractivity (Wildman–Crippen MR) is 87.1 cm³/mol. The average Bonchev–Trinajstić information content (AvgIpc) is 2.89. The molecule has 1 aromatic heterocycles. The third-order valence-corrected chi connectivity index (χ3v) is 3.33. The minimum atomic E-state index is 0.312. The van der Waals surface area contributed by atoms with E-state index in [9.17, 15) is 0 Å². The summed E-state index contributed by atoms with van der Waals surface area (Å²) in [5.74, 6) is 0.714. The summed E-state index contributed by atoms with van der Waals surface area (Å²) < 4.78 is 11.2. The highest BCUT2D eigenvalue weighted by molar-refractivity contribution is 9.10. The van der Waals surface area contributed by atoms with Gasteiger partial charge in [-0.05, 0) is 52.4 Å². The van der Waals surface area contributed by atoms with Gasteiger partial charge in [-0.1, -0.05) is 18.2 Å². The number of aliphatic imine (C=N–C) groups is 1. The molecule has 1 heterocycles. The zero-order valence-corrected chi connectivity index (χ0v) is 13.2. The van der Waals surface area contributed by atoms with Crippen molar-refractivity contribution in [1.29, 1.82) is 0 Å². The van der Waals surface area contributed by atoms with E-state index in [1.54, 1.807) is 4.90 Å². The third kappa shape index (κ3) is 4.18. The minimum absolute atomic E-state index is 0.312. The van der Waals surface area contributed by atoms with Gasteiger partial charge < -0.3 is 14.1 Å². The second-order valence-corrected chi connectivity index (χ2v) is 5.08. The van der Waals surface area contributed by atoms with Crippen molar-refractivity contribution in [3.8, 4) is 0 Å². The molecule has 20 heavy (non-hydrogen) atoms. The Morgan fingerprint density at radius 3 is 2.75 bits per heavy atom. The Labute approximate surface area is 131 Å². The van der Waals surface area contributed by atoms with E-state index in [1.807, 2.05) is 49.5 Å². The number of hydrogen-bond donors (Lipinski definition) is 0. The Kier molecular flexibility index (Phi) is 5.31. The first-order chi connectivity index (χ1) is 9.66. The normalized spacial score (nSPS) is 10.7. The number of hydrogen-bond acceptors (Lipinski definition) is 3. The van der Waals surface area contributed by atoms with Crippen LogP contribution in [0.3, 0.4) is 0 Å². The molecule has 0 atom stereocenters. The molecule has 0 N–H and O–H groups in total. The summed E-state index contributed by atoms with van der Waals surface area (Å²) in [5.41, 5.74) is 0.976. The van der Waals surface area contributed by atoms with Gasteiger partial charge in [0.05, 0.1) is 0 Å². The van der Waals surface area contributed by atoms with Gasteiger partial charge in [0.1, 0.15) is 12.4 Å². The van der Waals surface area contributed by atoms with Crippen molar-refractivity contribution < 1.29 is 9.15 Å². The van der Waals surface area contributed by atoms with Crippen molar-refractivity contribution in [2.75, 3.05) is 11.9 Å². The average molecular weight is 353 g/mol. The number of ether oxygens (including phenoxy) is 1. The molecule has 0 saturated carbocycles. The van der Waals surface area contributed by atoms with Gasteiger partial charge in [-0.15, -0.1) is 0 Å². The summed E-state index contributed by atoms with van der Waals surface area (Å²) >= 11 is 8.44. The molecule has 0 radical (unpaired) electrons. The summed E-state index contributed by atoms with van der Waals surface area (Å²) in [6.07, 6.45) is 1.33. The molecule has 0 aliphatic carbocycles. The fourth-order valence-electron chi connectivity index (χ4n) is 1.48. The van der Waals surface area contributed by atoms with Crippen LogP contribution in [0.5, 0.6) is 0 Å². The minimum Gasteiger partial charge on any atom is -0.475 e. The van der Waals surface area contributed by atoms with Crippen molar-refractivity contribution >= 4 is 45.3 Å². The third-order valence-electron chi connectivity index (χ3n) is 2.52. The van der Waals surface area contributed by atoms with E-state index in [0.717, 1.165) is 5.69 Å². The Bertz CT molecular complexity index is 598. The summed E-state index contributed by atoms with van der Waals surface area (Å²) in [4.78, 5) is 5.88. The topological polar surface area (TPSA) is 38.0 Å². The molecule has 6 heteroatoms. The van der Waals surface area contributed by atoms with Gasteiger partial charge in [-0.3, -0.25) is 0 Å². The molecule has 104 valence electrons. The van der Waals surface area contributed by atoms with Gasteiger partial charge in [0.25, 0.3) is 0 Å². The van der Waals surface area contributed by atoms with E-state index in [2.05, 4.69) is 20.9 Å². The van der Waals surface area contributed by atoms with Crippen LogP contribution in [0.15, 0.2) is 56.5 Å². The molecule has 1 aromatic carbocycles. The maximum Gasteiger partial charge on any atom is 0.202 e. The maximum absolute atomic E-state index is 5.29. The standard InChI is InChI=1S/C14H13BrN2O2S/c1-17(11-5-3-2-4-6-11)14(20)16-10-18-9-12-7-8-13(15)19-12/h2-8,10H,9H2,1H3/b16-10+. The molecule has 0 saturated heterocycles. The Hall–Kier alpha value is -1.66. The van der Waals surface area contributed by atoms with E-state index < -0.39 is 0 Å². The van der Waals surface area contributed by atoms with Crippen LogP contribution in [0.4, 0.5) is 5.69 Å². The fraction of sp³-hybridized carbons (Fsp3) is 0.143. The SMILES string of the molecule is CN(C(=S)/N=C/OCc1ccc(Br)o1)c1ccccc1. The number of furan rings is 1. The monoisotopic (exact) mass is 352 g/mol. The number of nitrogens with zero attached hydrogens (tertiary/aromatic N) is 2. The lowest BCUT2D eigenvalue weighted by atomic mass is 10.3. The Morgan fingerprint density at radius 1 is 1.35 bits per heavy atom. The smallest absolute Gasteiger partial charge is 0.202 e. The molecule has 0 fully saturated rings. The van der Waals surface area contributed by atoms with Crippen molar-refractivity contribution in [2.45, 2.75) is 6.61 Å².